The van der Waals surface area contributed by atoms with Crippen molar-refractivity contribution >= 4 is 17.7 Å². The topological polar surface area (TPSA) is 48.0 Å². The molecule has 1 amide bonds. The molecule has 2 aromatic carbocycles. The van der Waals surface area contributed by atoms with Crippen LogP contribution in [0.2, 0.25) is 0 Å². The molecule has 1 heterocycles. The average molecular weight is 385 g/mol. The first kappa shape index (κ1) is 19.7. The smallest absolute Gasteiger partial charge is 0.251 e. The van der Waals surface area contributed by atoms with Crippen LogP contribution in [0.1, 0.15) is 23.1 Å². The summed E-state index contributed by atoms with van der Waals surface area (Å²) in [6, 6.07) is 6.53. The van der Waals surface area contributed by atoms with Gasteiger partial charge in [0, 0.05) is 12.6 Å². The van der Waals surface area contributed by atoms with E-state index in [1.807, 2.05) is 6.92 Å². The summed E-state index contributed by atoms with van der Waals surface area (Å²) in [5.41, 5.74) is 3.20. The maximum atomic E-state index is 13.7. The van der Waals surface area contributed by atoms with Crippen molar-refractivity contribution < 1.29 is 23.4 Å². The highest BCUT2D eigenvalue weighted by Gasteiger charge is 2.23. The summed E-state index contributed by atoms with van der Waals surface area (Å²) in [4.78, 5) is 14.6. The molecular weight excluding hydrogens is 361 g/mol. The van der Waals surface area contributed by atoms with Gasteiger partial charge in [0.05, 0.1) is 27.0 Å². The summed E-state index contributed by atoms with van der Waals surface area (Å²) < 4.78 is 29.7. The van der Waals surface area contributed by atoms with Gasteiger partial charge in [-0.1, -0.05) is 0 Å². The summed E-state index contributed by atoms with van der Waals surface area (Å²) in [6.07, 6.45) is 4.80. The van der Waals surface area contributed by atoms with E-state index in [4.69, 9.17) is 14.2 Å². The average Bonchev–Trinajstić information content (AvgIpc) is 2.70. The van der Waals surface area contributed by atoms with E-state index in [1.165, 1.54) is 18.2 Å². The van der Waals surface area contributed by atoms with E-state index in [9.17, 15) is 9.18 Å². The second-order valence-electron chi connectivity index (χ2n) is 6.62. The molecule has 1 aliphatic rings. The normalized spacial score (nSPS) is 13.4. The summed E-state index contributed by atoms with van der Waals surface area (Å²) >= 11 is 0. The first-order valence-corrected chi connectivity index (χ1v) is 9.07. The van der Waals surface area contributed by atoms with Crippen LogP contribution >= 0.6 is 0 Å². The van der Waals surface area contributed by atoms with E-state index in [2.05, 4.69) is 0 Å². The van der Waals surface area contributed by atoms with Gasteiger partial charge < -0.3 is 19.1 Å². The van der Waals surface area contributed by atoms with E-state index in [0.717, 1.165) is 35.2 Å². The number of nitrogens with zero attached hydrogens (tertiary/aromatic N) is 1. The quantitative estimate of drug-likeness (QED) is 0.726. The number of hydrogen-bond donors (Lipinski definition) is 0. The molecule has 0 atom stereocenters. The number of anilines is 1. The minimum absolute atomic E-state index is 0.149. The fraction of sp³-hybridized carbons (Fsp3) is 0.318. The van der Waals surface area contributed by atoms with E-state index >= 15 is 0 Å². The first-order valence-electron chi connectivity index (χ1n) is 9.07. The van der Waals surface area contributed by atoms with Crippen molar-refractivity contribution in [3.8, 4) is 17.2 Å². The fourth-order valence-electron chi connectivity index (χ4n) is 3.60. The molecule has 0 radical (unpaired) electrons. The second kappa shape index (κ2) is 8.33. The predicted molar refractivity (Wildman–Crippen MR) is 107 cm³/mol. The molecule has 2 aromatic rings. The third kappa shape index (κ3) is 3.81. The molecule has 0 unspecified atom stereocenters. The van der Waals surface area contributed by atoms with Gasteiger partial charge in [-0.15, -0.1) is 0 Å². The minimum Gasteiger partial charge on any atom is -0.493 e. The van der Waals surface area contributed by atoms with Gasteiger partial charge in [-0.25, -0.2) is 4.39 Å². The van der Waals surface area contributed by atoms with Crippen LogP contribution < -0.4 is 19.1 Å². The number of carbonyl (C=O) groups is 1. The van der Waals surface area contributed by atoms with Gasteiger partial charge in [0.25, 0.3) is 5.91 Å². The largest absolute Gasteiger partial charge is 0.493 e. The highest BCUT2D eigenvalue weighted by molar-refractivity contribution is 6.05. The van der Waals surface area contributed by atoms with Gasteiger partial charge in [-0.2, -0.15) is 0 Å². The van der Waals surface area contributed by atoms with Crippen LogP contribution in [0.25, 0.3) is 6.08 Å². The van der Waals surface area contributed by atoms with Crippen LogP contribution in [0, 0.1) is 12.7 Å². The number of ether oxygens (including phenoxy) is 3. The third-order valence-electron chi connectivity index (χ3n) is 4.81. The number of halogens is 1. The number of aryl methyl sites for hydroxylation is 2. The lowest BCUT2D eigenvalue weighted by atomic mass is 9.97. The summed E-state index contributed by atoms with van der Waals surface area (Å²) in [5.74, 6) is 1.12. The van der Waals surface area contributed by atoms with Crippen molar-refractivity contribution in [2.75, 3.05) is 32.8 Å². The molecule has 0 bridgehead atoms. The van der Waals surface area contributed by atoms with Crippen molar-refractivity contribution in [2.45, 2.75) is 19.8 Å². The molecule has 0 spiro atoms. The highest BCUT2D eigenvalue weighted by atomic mass is 19.1. The van der Waals surface area contributed by atoms with E-state index in [0.29, 0.717) is 23.8 Å². The zero-order valence-corrected chi connectivity index (χ0v) is 16.5. The van der Waals surface area contributed by atoms with Gasteiger partial charge in [-0.05, 0) is 66.8 Å². The van der Waals surface area contributed by atoms with Crippen LogP contribution in [-0.4, -0.2) is 33.8 Å². The summed E-state index contributed by atoms with van der Waals surface area (Å²) in [5, 5.41) is 0. The lowest BCUT2D eigenvalue weighted by Gasteiger charge is -2.30. The molecule has 0 aliphatic carbocycles. The summed E-state index contributed by atoms with van der Waals surface area (Å²) in [6.45, 7) is 2.44. The lowest BCUT2D eigenvalue weighted by Crippen LogP contribution is -2.35. The first-order chi connectivity index (χ1) is 13.5. The third-order valence-corrected chi connectivity index (χ3v) is 4.81. The van der Waals surface area contributed by atoms with Crippen LogP contribution in [0.4, 0.5) is 10.1 Å². The maximum Gasteiger partial charge on any atom is 0.251 e. The number of hydrogen-bond acceptors (Lipinski definition) is 4. The molecule has 0 fully saturated rings. The molecule has 6 heteroatoms. The standard InChI is InChI=1S/C22H24FNO4/c1-14-10-17(23)13-16-6-5-9-24(21(14)16)20(25)8-7-15-11-18(26-2)22(28-4)19(12-15)27-3/h7-8,10-13H,5-6,9H2,1-4H3. The summed E-state index contributed by atoms with van der Waals surface area (Å²) in [7, 11) is 4.63. The van der Waals surface area contributed by atoms with Crippen LogP contribution in [0.3, 0.4) is 0 Å². The molecule has 0 N–H and O–H groups in total. The van der Waals surface area contributed by atoms with E-state index < -0.39 is 0 Å². The zero-order chi connectivity index (χ0) is 20.3. The Labute approximate surface area is 164 Å². The molecular formula is C22H24FNO4. The van der Waals surface area contributed by atoms with E-state index in [-0.39, 0.29) is 11.7 Å². The van der Waals surface area contributed by atoms with Crippen molar-refractivity contribution in [1.29, 1.82) is 0 Å². The molecule has 0 saturated carbocycles. The van der Waals surface area contributed by atoms with Crippen LogP contribution in [-0.2, 0) is 11.2 Å². The Morgan fingerprint density at radius 2 is 1.75 bits per heavy atom. The number of fused-ring (bicyclic) bond motifs is 1. The SMILES string of the molecule is COc1cc(C=CC(=O)N2CCCc3cc(F)cc(C)c32)cc(OC)c1OC. The van der Waals surface area contributed by atoms with Gasteiger partial charge in [0.15, 0.2) is 11.5 Å². The van der Waals surface area contributed by atoms with Crippen molar-refractivity contribution in [3.63, 3.8) is 0 Å². The molecule has 5 nitrogen and oxygen atoms in total. The Morgan fingerprint density at radius 3 is 2.36 bits per heavy atom. The number of methoxy groups -OCH3 is 3. The Kier molecular flexibility index (Phi) is 5.87. The van der Waals surface area contributed by atoms with Gasteiger partial charge in [-0.3, -0.25) is 4.79 Å². The van der Waals surface area contributed by atoms with Crippen LogP contribution in [0.5, 0.6) is 17.2 Å². The van der Waals surface area contributed by atoms with Gasteiger partial charge >= 0.3 is 0 Å². The second-order valence-corrected chi connectivity index (χ2v) is 6.62. The maximum absolute atomic E-state index is 13.7. The van der Waals surface area contributed by atoms with Crippen LogP contribution in [0.15, 0.2) is 30.3 Å². The number of carbonyl (C=O) groups excluding carboxylic acids is 1. The molecule has 1 aliphatic heterocycles. The lowest BCUT2D eigenvalue weighted by molar-refractivity contribution is -0.114. The molecule has 28 heavy (non-hydrogen) atoms. The molecule has 148 valence electrons. The van der Waals surface area contributed by atoms with Crippen molar-refractivity contribution in [3.05, 3.63) is 52.8 Å². The Balaban J connectivity index is 1.90. The van der Waals surface area contributed by atoms with Crippen molar-refractivity contribution in [1.82, 2.24) is 0 Å². The van der Waals surface area contributed by atoms with Gasteiger partial charge in [0.1, 0.15) is 5.82 Å². The Hall–Kier alpha value is -3.02. The fourth-order valence-corrected chi connectivity index (χ4v) is 3.60. The Bertz CT molecular complexity index is 898. The Morgan fingerprint density at radius 1 is 1.07 bits per heavy atom. The minimum atomic E-state index is -0.265. The molecule has 3 rings (SSSR count). The monoisotopic (exact) mass is 385 g/mol. The number of benzene rings is 2. The van der Waals surface area contributed by atoms with Gasteiger partial charge in [0.2, 0.25) is 5.75 Å². The zero-order valence-electron chi connectivity index (χ0n) is 16.5. The molecule has 0 saturated heterocycles. The molecule has 0 aromatic heterocycles. The van der Waals surface area contributed by atoms with Crippen molar-refractivity contribution in [2.24, 2.45) is 0 Å². The highest BCUT2D eigenvalue weighted by Crippen LogP contribution is 2.38. The predicted octanol–water partition coefficient (Wildman–Crippen LogP) is 4.15. The number of rotatable bonds is 5. The number of amides is 1. The van der Waals surface area contributed by atoms with E-state index in [1.54, 1.807) is 44.4 Å².